The minimum atomic E-state index is 0. The van der Waals surface area contributed by atoms with Crippen molar-refractivity contribution in [2.75, 3.05) is 33.2 Å². The molecule has 0 spiro atoms. The number of guanidine groups is 1. The normalized spacial score (nSPS) is 18.8. The lowest BCUT2D eigenvalue weighted by Gasteiger charge is -2.26. The van der Waals surface area contributed by atoms with Crippen LogP contribution in [0.25, 0.3) is 0 Å². The number of hydrogen-bond donors (Lipinski definition) is 2. The second-order valence-corrected chi connectivity index (χ2v) is 7.28. The predicted molar refractivity (Wildman–Crippen MR) is 121 cm³/mol. The maximum atomic E-state index is 5.99. The van der Waals surface area contributed by atoms with Crippen LogP contribution in [-0.4, -0.2) is 55.2 Å². The maximum absolute atomic E-state index is 5.99. The number of likely N-dealkylation sites (tertiary alicyclic amines) is 1. The SMILES string of the molecule is CN=C(NCCN1CCCCC1)NCc1ccnc(OC2CCCC2)c1.I. The lowest BCUT2D eigenvalue weighted by molar-refractivity contribution is 0.201. The second kappa shape index (κ2) is 12.4. The molecule has 1 aromatic rings. The minimum absolute atomic E-state index is 0. The van der Waals surface area contributed by atoms with Crippen molar-refractivity contribution >= 4 is 29.9 Å². The first-order valence-corrected chi connectivity index (χ1v) is 10.1. The molecule has 7 heteroatoms. The molecule has 1 saturated heterocycles. The van der Waals surface area contributed by atoms with E-state index < -0.39 is 0 Å². The van der Waals surface area contributed by atoms with Crippen molar-refractivity contribution in [1.82, 2.24) is 20.5 Å². The summed E-state index contributed by atoms with van der Waals surface area (Å²) in [4.78, 5) is 11.2. The summed E-state index contributed by atoms with van der Waals surface area (Å²) in [5.41, 5.74) is 1.16. The molecule has 6 nitrogen and oxygen atoms in total. The second-order valence-electron chi connectivity index (χ2n) is 7.28. The van der Waals surface area contributed by atoms with Gasteiger partial charge in [0.05, 0.1) is 0 Å². The number of aliphatic imine (C=N–C) groups is 1. The van der Waals surface area contributed by atoms with Crippen molar-refractivity contribution in [3.8, 4) is 5.88 Å². The zero-order valence-electron chi connectivity index (χ0n) is 16.5. The van der Waals surface area contributed by atoms with Crippen molar-refractivity contribution in [2.24, 2.45) is 4.99 Å². The van der Waals surface area contributed by atoms with Gasteiger partial charge in [-0.25, -0.2) is 4.98 Å². The highest BCUT2D eigenvalue weighted by molar-refractivity contribution is 14.0. The van der Waals surface area contributed by atoms with Crippen molar-refractivity contribution in [2.45, 2.75) is 57.6 Å². The summed E-state index contributed by atoms with van der Waals surface area (Å²) < 4.78 is 5.99. The number of aromatic nitrogens is 1. The van der Waals surface area contributed by atoms with Crippen LogP contribution < -0.4 is 15.4 Å². The van der Waals surface area contributed by atoms with E-state index >= 15 is 0 Å². The summed E-state index contributed by atoms with van der Waals surface area (Å²) in [6, 6.07) is 4.06. The van der Waals surface area contributed by atoms with E-state index in [4.69, 9.17) is 4.74 Å². The molecule has 0 radical (unpaired) electrons. The van der Waals surface area contributed by atoms with Gasteiger partial charge in [-0.1, -0.05) is 6.42 Å². The molecule has 2 heterocycles. The fourth-order valence-electron chi connectivity index (χ4n) is 3.72. The Morgan fingerprint density at radius 1 is 1.19 bits per heavy atom. The number of halogens is 1. The Morgan fingerprint density at radius 3 is 2.70 bits per heavy atom. The summed E-state index contributed by atoms with van der Waals surface area (Å²) in [5.74, 6) is 1.58. The predicted octanol–water partition coefficient (Wildman–Crippen LogP) is 3.17. The number of ether oxygens (including phenoxy) is 1. The standard InChI is InChI=1S/C20H33N5O.HI/c1-21-20(23-11-14-25-12-5-2-6-13-25)24-16-17-9-10-22-19(15-17)26-18-7-3-4-8-18;/h9-10,15,18H,2-8,11-14,16H2,1H3,(H2,21,23,24);1H. The number of nitrogens with one attached hydrogen (secondary N) is 2. The third-order valence-corrected chi connectivity index (χ3v) is 5.24. The smallest absolute Gasteiger partial charge is 0.213 e. The maximum Gasteiger partial charge on any atom is 0.213 e. The fraction of sp³-hybridized carbons (Fsp3) is 0.700. The molecular weight excluding hydrogens is 453 g/mol. The molecule has 0 atom stereocenters. The van der Waals surface area contributed by atoms with Gasteiger partial charge in [0.25, 0.3) is 0 Å². The van der Waals surface area contributed by atoms with E-state index in [0.29, 0.717) is 12.6 Å². The van der Waals surface area contributed by atoms with E-state index in [1.54, 1.807) is 0 Å². The third kappa shape index (κ3) is 7.81. The van der Waals surface area contributed by atoms with Gasteiger partial charge in [-0.2, -0.15) is 0 Å². The van der Waals surface area contributed by atoms with Crippen LogP contribution in [0, 0.1) is 0 Å². The monoisotopic (exact) mass is 487 g/mol. The number of pyridine rings is 1. The molecule has 27 heavy (non-hydrogen) atoms. The quantitative estimate of drug-likeness (QED) is 0.352. The van der Waals surface area contributed by atoms with Crippen LogP contribution in [0.1, 0.15) is 50.5 Å². The van der Waals surface area contributed by atoms with Crippen molar-refractivity contribution < 1.29 is 4.74 Å². The number of hydrogen-bond acceptors (Lipinski definition) is 4. The van der Waals surface area contributed by atoms with E-state index in [2.05, 4.69) is 25.5 Å². The molecule has 0 bridgehead atoms. The Bertz CT molecular complexity index is 571. The van der Waals surface area contributed by atoms with E-state index in [0.717, 1.165) is 43.3 Å². The summed E-state index contributed by atoms with van der Waals surface area (Å²) in [6.07, 6.45) is 11.1. The van der Waals surface area contributed by atoms with Gasteiger partial charge in [0, 0.05) is 38.9 Å². The Labute approximate surface area is 180 Å². The van der Waals surface area contributed by atoms with Gasteiger partial charge in [-0.15, -0.1) is 24.0 Å². The zero-order valence-corrected chi connectivity index (χ0v) is 18.8. The highest BCUT2D eigenvalue weighted by atomic mass is 127. The van der Waals surface area contributed by atoms with Gasteiger partial charge in [-0.05, 0) is 63.2 Å². The molecule has 2 N–H and O–H groups in total. The summed E-state index contributed by atoms with van der Waals surface area (Å²) in [5, 5.41) is 6.79. The number of nitrogens with zero attached hydrogens (tertiary/aromatic N) is 3. The van der Waals surface area contributed by atoms with Crippen LogP contribution >= 0.6 is 24.0 Å². The topological polar surface area (TPSA) is 61.8 Å². The van der Waals surface area contributed by atoms with Gasteiger partial charge >= 0.3 is 0 Å². The summed E-state index contributed by atoms with van der Waals surface area (Å²) >= 11 is 0. The van der Waals surface area contributed by atoms with Crippen molar-refractivity contribution in [3.63, 3.8) is 0 Å². The molecule has 1 aliphatic carbocycles. The number of rotatable bonds is 7. The van der Waals surface area contributed by atoms with Crippen molar-refractivity contribution in [3.05, 3.63) is 23.9 Å². The molecule has 2 aliphatic rings. The first kappa shape index (κ1) is 22.2. The average molecular weight is 487 g/mol. The molecule has 0 amide bonds. The van der Waals surface area contributed by atoms with E-state index in [9.17, 15) is 0 Å². The first-order valence-electron chi connectivity index (χ1n) is 10.1. The average Bonchev–Trinajstić information content (AvgIpc) is 3.18. The third-order valence-electron chi connectivity index (χ3n) is 5.24. The lowest BCUT2D eigenvalue weighted by Crippen LogP contribution is -2.42. The summed E-state index contributed by atoms with van der Waals surface area (Å²) in [7, 11) is 1.82. The van der Waals surface area contributed by atoms with Gasteiger partial charge in [-0.3, -0.25) is 4.99 Å². The number of piperidine rings is 1. The van der Waals surface area contributed by atoms with Crippen LogP contribution in [0.3, 0.4) is 0 Å². The van der Waals surface area contributed by atoms with Gasteiger partial charge in [0.1, 0.15) is 6.10 Å². The van der Waals surface area contributed by atoms with Crippen LogP contribution in [0.5, 0.6) is 5.88 Å². The van der Waals surface area contributed by atoms with E-state index in [1.807, 2.05) is 25.4 Å². The molecule has 1 aliphatic heterocycles. The lowest BCUT2D eigenvalue weighted by atomic mass is 10.1. The highest BCUT2D eigenvalue weighted by Crippen LogP contribution is 2.23. The Morgan fingerprint density at radius 2 is 1.96 bits per heavy atom. The van der Waals surface area contributed by atoms with E-state index in [-0.39, 0.29) is 24.0 Å². The Hall–Kier alpha value is -1.09. The van der Waals surface area contributed by atoms with Crippen molar-refractivity contribution in [1.29, 1.82) is 0 Å². The minimum Gasteiger partial charge on any atom is -0.474 e. The molecule has 1 aromatic heterocycles. The molecule has 2 fully saturated rings. The van der Waals surface area contributed by atoms with Crippen LogP contribution in [-0.2, 0) is 6.54 Å². The fourth-order valence-corrected chi connectivity index (χ4v) is 3.72. The summed E-state index contributed by atoms with van der Waals surface area (Å²) in [6.45, 7) is 5.18. The molecule has 3 rings (SSSR count). The van der Waals surface area contributed by atoms with Crippen LogP contribution in [0.15, 0.2) is 23.3 Å². The molecular formula is C20H34IN5O. The van der Waals surface area contributed by atoms with Crippen LogP contribution in [0.2, 0.25) is 0 Å². The van der Waals surface area contributed by atoms with Gasteiger partial charge in [0.2, 0.25) is 5.88 Å². The largest absolute Gasteiger partial charge is 0.474 e. The molecule has 0 aromatic carbocycles. The molecule has 0 unspecified atom stereocenters. The zero-order chi connectivity index (χ0) is 18.0. The first-order chi connectivity index (χ1) is 12.8. The highest BCUT2D eigenvalue weighted by Gasteiger charge is 2.17. The Balaban J connectivity index is 0.00000261. The Kier molecular flexibility index (Phi) is 10.2. The van der Waals surface area contributed by atoms with Crippen LogP contribution in [0.4, 0.5) is 0 Å². The molecule has 1 saturated carbocycles. The van der Waals surface area contributed by atoms with Gasteiger partial charge in [0.15, 0.2) is 5.96 Å². The van der Waals surface area contributed by atoms with E-state index in [1.165, 1.54) is 45.2 Å². The molecule has 152 valence electrons. The van der Waals surface area contributed by atoms with Gasteiger partial charge < -0.3 is 20.3 Å².